The molecule has 0 radical (unpaired) electrons. The molecule has 1 fully saturated rings. The quantitative estimate of drug-likeness (QED) is 0.512. The number of hydrogen-bond acceptors (Lipinski definition) is 7. The minimum Gasteiger partial charge on any atom is -0.471 e. The van der Waals surface area contributed by atoms with Crippen LogP contribution in [0.4, 0.5) is 5.69 Å². The zero-order valence-electron chi connectivity index (χ0n) is 17.0. The van der Waals surface area contributed by atoms with Crippen LogP contribution < -0.4 is 14.4 Å². The van der Waals surface area contributed by atoms with Crippen molar-refractivity contribution in [1.29, 1.82) is 0 Å². The van der Waals surface area contributed by atoms with E-state index in [9.17, 15) is 5.11 Å². The molecule has 7 nitrogen and oxygen atoms in total. The highest BCUT2D eigenvalue weighted by molar-refractivity contribution is 6.31. The second-order valence-electron chi connectivity index (χ2n) is 7.12. The summed E-state index contributed by atoms with van der Waals surface area (Å²) in [6.07, 6.45) is 4.47. The summed E-state index contributed by atoms with van der Waals surface area (Å²) >= 11 is 12.3. The predicted octanol–water partition coefficient (Wildman–Crippen LogP) is 4.68. The number of pyridine rings is 1. The van der Waals surface area contributed by atoms with Crippen LogP contribution in [0.25, 0.3) is 0 Å². The van der Waals surface area contributed by atoms with Gasteiger partial charge in [0, 0.05) is 30.4 Å². The molecule has 0 amide bonds. The van der Waals surface area contributed by atoms with Gasteiger partial charge in [0.15, 0.2) is 0 Å². The van der Waals surface area contributed by atoms with Gasteiger partial charge < -0.3 is 19.5 Å². The topological polar surface area (TPSA) is 80.6 Å². The summed E-state index contributed by atoms with van der Waals surface area (Å²) in [4.78, 5) is 14.6. The minimum atomic E-state index is -0.119. The lowest BCUT2D eigenvalue weighted by Crippen LogP contribution is -2.25. The smallest absolute Gasteiger partial charge is 0.232 e. The Morgan fingerprint density at radius 2 is 2.03 bits per heavy atom. The average molecular weight is 461 g/mol. The highest BCUT2D eigenvalue weighted by Gasteiger charge is 2.27. The molecule has 9 heteroatoms. The molecule has 31 heavy (non-hydrogen) atoms. The molecule has 1 aromatic carbocycles. The number of rotatable bonds is 7. The maximum absolute atomic E-state index is 9.96. The summed E-state index contributed by atoms with van der Waals surface area (Å²) in [5.41, 5.74) is 2.43. The van der Waals surface area contributed by atoms with E-state index in [0.717, 1.165) is 29.8 Å². The monoisotopic (exact) mass is 460 g/mol. The molecule has 1 saturated heterocycles. The van der Waals surface area contributed by atoms with E-state index in [2.05, 4.69) is 19.9 Å². The Balaban J connectivity index is 1.49. The van der Waals surface area contributed by atoms with Gasteiger partial charge in [-0.05, 0) is 36.8 Å². The van der Waals surface area contributed by atoms with Gasteiger partial charge in [0.2, 0.25) is 11.8 Å². The minimum absolute atomic E-state index is 0.0369. The van der Waals surface area contributed by atoms with E-state index in [4.69, 9.17) is 32.7 Å². The SMILES string of the molecule is CCc1c(Cl)ncnc1Oc1ccc(N2CC[C@H](Oc3ncccc3Cl)C2)c(CO)c1. The van der Waals surface area contributed by atoms with Gasteiger partial charge in [-0.15, -0.1) is 0 Å². The van der Waals surface area contributed by atoms with Crippen molar-refractivity contribution in [2.75, 3.05) is 18.0 Å². The first-order valence-electron chi connectivity index (χ1n) is 10.0. The third-order valence-electron chi connectivity index (χ3n) is 5.13. The van der Waals surface area contributed by atoms with E-state index < -0.39 is 0 Å². The number of aliphatic hydroxyl groups is 1. The number of ether oxygens (including phenoxy) is 2. The number of hydrogen-bond donors (Lipinski definition) is 1. The number of aliphatic hydroxyl groups excluding tert-OH is 1. The van der Waals surface area contributed by atoms with Crippen LogP contribution in [0, 0.1) is 0 Å². The van der Waals surface area contributed by atoms with Crippen LogP contribution in [-0.4, -0.2) is 39.3 Å². The molecule has 3 aromatic rings. The third kappa shape index (κ3) is 4.84. The molecule has 1 aliphatic rings. The van der Waals surface area contributed by atoms with Crippen LogP contribution in [0.5, 0.6) is 17.5 Å². The first-order valence-corrected chi connectivity index (χ1v) is 10.8. The van der Waals surface area contributed by atoms with Gasteiger partial charge in [-0.3, -0.25) is 0 Å². The Hall–Kier alpha value is -2.61. The molecule has 162 valence electrons. The lowest BCUT2D eigenvalue weighted by atomic mass is 10.1. The number of halogens is 2. The van der Waals surface area contributed by atoms with E-state index in [1.165, 1.54) is 6.33 Å². The third-order valence-corrected chi connectivity index (χ3v) is 5.74. The average Bonchev–Trinajstić information content (AvgIpc) is 3.24. The normalized spacial score (nSPS) is 15.9. The molecule has 1 aliphatic heterocycles. The Morgan fingerprint density at radius 3 is 2.81 bits per heavy atom. The van der Waals surface area contributed by atoms with Crippen molar-refractivity contribution >= 4 is 28.9 Å². The van der Waals surface area contributed by atoms with Crippen molar-refractivity contribution in [3.63, 3.8) is 0 Å². The molecular weight excluding hydrogens is 439 g/mol. The zero-order chi connectivity index (χ0) is 21.8. The molecule has 4 rings (SSSR count). The lowest BCUT2D eigenvalue weighted by molar-refractivity contribution is 0.216. The standard InChI is InChI=1S/C22H22Cl2N4O3/c1-2-17-20(24)26-13-27-21(17)30-15-5-6-19(14(10-15)12-29)28-9-7-16(11-28)31-22-18(23)4-3-8-25-22/h3-6,8,10,13,16,29H,2,7,9,11-12H2,1H3/t16-/m0/s1. The van der Waals surface area contributed by atoms with Gasteiger partial charge in [0.25, 0.3) is 0 Å². The van der Waals surface area contributed by atoms with Gasteiger partial charge in [-0.25, -0.2) is 15.0 Å². The molecule has 1 N–H and O–H groups in total. The van der Waals surface area contributed by atoms with Crippen LogP contribution in [0.2, 0.25) is 10.2 Å². The number of benzene rings is 1. The fraction of sp³-hybridized carbons (Fsp3) is 0.318. The van der Waals surface area contributed by atoms with Crippen molar-refractivity contribution in [2.24, 2.45) is 0 Å². The molecule has 0 bridgehead atoms. The molecular formula is C22H22Cl2N4O3. The summed E-state index contributed by atoms with van der Waals surface area (Å²) in [5, 5.41) is 10.8. The van der Waals surface area contributed by atoms with Crippen LogP contribution in [-0.2, 0) is 13.0 Å². The Bertz CT molecular complexity index is 1070. The van der Waals surface area contributed by atoms with Crippen molar-refractivity contribution in [2.45, 2.75) is 32.5 Å². The maximum Gasteiger partial charge on any atom is 0.232 e. The van der Waals surface area contributed by atoms with Crippen LogP contribution >= 0.6 is 23.2 Å². The fourth-order valence-electron chi connectivity index (χ4n) is 3.59. The lowest BCUT2D eigenvalue weighted by Gasteiger charge is -2.22. The Labute approximate surface area is 190 Å². The van der Waals surface area contributed by atoms with Gasteiger partial charge >= 0.3 is 0 Å². The number of nitrogens with zero attached hydrogens (tertiary/aromatic N) is 4. The second-order valence-corrected chi connectivity index (χ2v) is 7.88. The first-order chi connectivity index (χ1) is 15.1. The van der Waals surface area contributed by atoms with Crippen molar-refractivity contribution in [3.05, 3.63) is 64.2 Å². The second kappa shape index (κ2) is 9.68. The highest BCUT2D eigenvalue weighted by Crippen LogP contribution is 2.33. The summed E-state index contributed by atoms with van der Waals surface area (Å²) in [6, 6.07) is 9.13. The van der Waals surface area contributed by atoms with Gasteiger partial charge in [0.1, 0.15) is 28.4 Å². The summed E-state index contributed by atoms with van der Waals surface area (Å²) < 4.78 is 11.9. The van der Waals surface area contributed by atoms with Crippen molar-refractivity contribution in [3.8, 4) is 17.5 Å². The van der Waals surface area contributed by atoms with Crippen LogP contribution in [0.15, 0.2) is 42.9 Å². The predicted molar refractivity (Wildman–Crippen MR) is 119 cm³/mol. The number of anilines is 1. The molecule has 3 heterocycles. The first kappa shape index (κ1) is 21.6. The van der Waals surface area contributed by atoms with Crippen LogP contribution in [0.1, 0.15) is 24.5 Å². The van der Waals surface area contributed by atoms with E-state index in [-0.39, 0.29) is 12.7 Å². The molecule has 0 saturated carbocycles. The molecule has 0 spiro atoms. The maximum atomic E-state index is 9.96. The highest BCUT2D eigenvalue weighted by atomic mass is 35.5. The summed E-state index contributed by atoms with van der Waals surface area (Å²) in [6.45, 7) is 3.31. The summed E-state index contributed by atoms with van der Waals surface area (Å²) in [7, 11) is 0. The molecule has 0 aliphatic carbocycles. The van der Waals surface area contributed by atoms with Crippen LogP contribution in [0.3, 0.4) is 0 Å². The van der Waals surface area contributed by atoms with E-state index >= 15 is 0 Å². The van der Waals surface area contributed by atoms with E-state index in [1.54, 1.807) is 18.3 Å². The fourth-order valence-corrected chi connectivity index (χ4v) is 4.02. The molecule has 0 unspecified atom stereocenters. The van der Waals surface area contributed by atoms with Crippen molar-refractivity contribution < 1.29 is 14.6 Å². The Kier molecular flexibility index (Phi) is 6.75. The van der Waals surface area contributed by atoms with E-state index in [1.807, 2.05) is 25.1 Å². The van der Waals surface area contributed by atoms with E-state index in [0.29, 0.717) is 40.7 Å². The van der Waals surface area contributed by atoms with Gasteiger partial charge in [-0.1, -0.05) is 30.1 Å². The van der Waals surface area contributed by atoms with Crippen molar-refractivity contribution in [1.82, 2.24) is 15.0 Å². The Morgan fingerprint density at radius 1 is 1.16 bits per heavy atom. The number of aromatic nitrogens is 3. The summed E-state index contributed by atoms with van der Waals surface area (Å²) in [5.74, 6) is 1.43. The largest absolute Gasteiger partial charge is 0.471 e. The molecule has 1 atom stereocenters. The molecule has 2 aromatic heterocycles. The van der Waals surface area contributed by atoms with Gasteiger partial charge in [-0.2, -0.15) is 0 Å². The zero-order valence-corrected chi connectivity index (χ0v) is 18.5. The van der Waals surface area contributed by atoms with Gasteiger partial charge in [0.05, 0.1) is 18.7 Å².